The Morgan fingerprint density at radius 1 is 1.10 bits per heavy atom. The number of sulfonamides is 1. The molecule has 0 saturated carbocycles. The number of rotatable bonds is 5. The Balaban J connectivity index is 2.34. The van der Waals surface area contributed by atoms with Crippen molar-refractivity contribution in [3.63, 3.8) is 0 Å². The van der Waals surface area contributed by atoms with E-state index >= 15 is 0 Å². The Morgan fingerprint density at radius 2 is 1.71 bits per heavy atom. The van der Waals surface area contributed by atoms with Crippen LogP contribution in [0.1, 0.15) is 18.0 Å². The summed E-state index contributed by atoms with van der Waals surface area (Å²) in [6.45, 7) is 0. The Morgan fingerprint density at radius 3 is 2.33 bits per heavy atom. The standard InChI is InChI=1S/C15H21N3O2S/c1-18(2)15(7-8-21(17,19)20)13-4-3-12-10-14(16)6-5-11(12)9-13/h3-6,9-10,15H,7-8,16H2,1-2H3,(H2,17,19,20). The van der Waals surface area contributed by atoms with Crippen molar-refractivity contribution in [2.75, 3.05) is 25.6 Å². The molecule has 4 N–H and O–H groups in total. The Hall–Kier alpha value is -1.63. The molecule has 0 aliphatic rings. The molecule has 0 heterocycles. The highest BCUT2D eigenvalue weighted by Crippen LogP contribution is 2.27. The molecule has 114 valence electrons. The maximum absolute atomic E-state index is 11.2. The fourth-order valence-electron chi connectivity index (χ4n) is 2.49. The summed E-state index contributed by atoms with van der Waals surface area (Å²) in [5.74, 6) is -0.0321. The second kappa shape index (κ2) is 6.01. The highest BCUT2D eigenvalue weighted by molar-refractivity contribution is 7.89. The van der Waals surface area contributed by atoms with Crippen LogP contribution in [-0.4, -0.2) is 33.2 Å². The largest absolute Gasteiger partial charge is 0.399 e. The summed E-state index contributed by atoms with van der Waals surface area (Å²) in [6, 6.07) is 11.9. The lowest BCUT2D eigenvalue weighted by Gasteiger charge is -2.24. The number of nitrogens with two attached hydrogens (primary N) is 2. The van der Waals surface area contributed by atoms with Crippen LogP contribution in [0.25, 0.3) is 10.8 Å². The van der Waals surface area contributed by atoms with Crippen LogP contribution in [-0.2, 0) is 10.0 Å². The third kappa shape index (κ3) is 4.17. The number of anilines is 1. The molecule has 0 spiro atoms. The van der Waals surface area contributed by atoms with Gasteiger partial charge in [-0.05, 0) is 55.1 Å². The molecule has 0 amide bonds. The average molecular weight is 307 g/mol. The smallest absolute Gasteiger partial charge is 0.209 e. The topological polar surface area (TPSA) is 89.4 Å². The van der Waals surface area contributed by atoms with Gasteiger partial charge in [0, 0.05) is 11.7 Å². The van der Waals surface area contributed by atoms with Crippen molar-refractivity contribution in [3.05, 3.63) is 42.0 Å². The first kappa shape index (κ1) is 15.8. The average Bonchev–Trinajstić information content (AvgIpc) is 2.37. The highest BCUT2D eigenvalue weighted by Gasteiger charge is 2.17. The molecule has 21 heavy (non-hydrogen) atoms. The summed E-state index contributed by atoms with van der Waals surface area (Å²) in [6.07, 6.45) is 0.465. The number of primary sulfonamides is 1. The van der Waals surface area contributed by atoms with Crippen molar-refractivity contribution in [2.45, 2.75) is 12.5 Å². The first-order valence-corrected chi connectivity index (χ1v) is 8.44. The van der Waals surface area contributed by atoms with Gasteiger partial charge in [0.2, 0.25) is 10.0 Å². The van der Waals surface area contributed by atoms with Gasteiger partial charge >= 0.3 is 0 Å². The molecule has 2 aromatic rings. The predicted octanol–water partition coefficient (Wildman–Crippen LogP) is 1.70. The summed E-state index contributed by atoms with van der Waals surface area (Å²) >= 11 is 0. The van der Waals surface area contributed by atoms with Gasteiger partial charge in [-0.25, -0.2) is 13.6 Å². The van der Waals surface area contributed by atoms with Crippen LogP contribution in [0, 0.1) is 0 Å². The summed E-state index contributed by atoms with van der Waals surface area (Å²) < 4.78 is 22.4. The van der Waals surface area contributed by atoms with E-state index in [0.29, 0.717) is 6.42 Å². The summed E-state index contributed by atoms with van der Waals surface area (Å²) in [5.41, 5.74) is 7.58. The first-order valence-electron chi connectivity index (χ1n) is 6.72. The molecule has 0 fully saturated rings. The lowest BCUT2D eigenvalue weighted by Crippen LogP contribution is -2.25. The van der Waals surface area contributed by atoms with E-state index in [1.807, 2.05) is 49.3 Å². The quantitative estimate of drug-likeness (QED) is 0.823. The van der Waals surface area contributed by atoms with Crippen LogP contribution in [0.4, 0.5) is 5.69 Å². The van der Waals surface area contributed by atoms with Gasteiger partial charge in [0.1, 0.15) is 0 Å². The van der Waals surface area contributed by atoms with Crippen molar-refractivity contribution in [1.82, 2.24) is 4.90 Å². The van der Waals surface area contributed by atoms with Crippen LogP contribution in [0.15, 0.2) is 36.4 Å². The number of nitrogen functional groups attached to an aromatic ring is 1. The fourth-order valence-corrected chi connectivity index (χ4v) is 3.04. The molecule has 0 saturated heterocycles. The highest BCUT2D eigenvalue weighted by atomic mass is 32.2. The normalized spacial score (nSPS) is 13.7. The minimum absolute atomic E-state index is 0.00489. The van der Waals surface area contributed by atoms with E-state index in [1.165, 1.54) is 0 Å². The first-order chi connectivity index (χ1) is 9.76. The molecule has 2 rings (SSSR count). The zero-order valence-corrected chi connectivity index (χ0v) is 13.1. The van der Waals surface area contributed by atoms with Gasteiger partial charge in [0.05, 0.1) is 5.75 Å². The van der Waals surface area contributed by atoms with Crippen LogP contribution in [0.2, 0.25) is 0 Å². The van der Waals surface area contributed by atoms with Crippen LogP contribution < -0.4 is 10.9 Å². The second-order valence-corrected chi connectivity index (χ2v) is 7.24. The summed E-state index contributed by atoms with van der Waals surface area (Å²) in [5, 5.41) is 7.27. The molecule has 0 aliphatic heterocycles. The number of hydrogen-bond acceptors (Lipinski definition) is 4. The molecular weight excluding hydrogens is 286 g/mol. The van der Waals surface area contributed by atoms with Crippen molar-refractivity contribution in [3.8, 4) is 0 Å². The number of hydrogen-bond donors (Lipinski definition) is 2. The van der Waals surface area contributed by atoms with E-state index in [-0.39, 0.29) is 11.8 Å². The summed E-state index contributed by atoms with van der Waals surface area (Å²) in [7, 11) is 0.411. The minimum Gasteiger partial charge on any atom is -0.399 e. The van der Waals surface area contributed by atoms with E-state index in [2.05, 4.69) is 6.07 Å². The van der Waals surface area contributed by atoms with Gasteiger partial charge in [0.15, 0.2) is 0 Å². The third-order valence-corrected chi connectivity index (χ3v) is 4.38. The van der Waals surface area contributed by atoms with Crippen molar-refractivity contribution in [1.29, 1.82) is 0 Å². The van der Waals surface area contributed by atoms with Crippen LogP contribution in [0.3, 0.4) is 0 Å². The molecule has 0 radical (unpaired) electrons. The summed E-state index contributed by atoms with van der Waals surface area (Å²) in [4.78, 5) is 2.00. The van der Waals surface area contributed by atoms with Crippen LogP contribution in [0.5, 0.6) is 0 Å². The SMILES string of the molecule is CN(C)C(CCS(N)(=O)=O)c1ccc2cc(N)ccc2c1. The van der Waals surface area contributed by atoms with Crippen LogP contribution >= 0.6 is 0 Å². The van der Waals surface area contributed by atoms with Crippen molar-refractivity contribution >= 4 is 26.5 Å². The van der Waals surface area contributed by atoms with Gasteiger partial charge in [-0.3, -0.25) is 0 Å². The predicted molar refractivity (Wildman–Crippen MR) is 87.4 cm³/mol. The lowest BCUT2D eigenvalue weighted by atomic mass is 9.99. The second-order valence-electron chi connectivity index (χ2n) is 5.50. The minimum atomic E-state index is -3.45. The van der Waals surface area contributed by atoms with Gasteiger partial charge in [-0.15, -0.1) is 0 Å². The molecule has 6 heteroatoms. The lowest BCUT2D eigenvalue weighted by molar-refractivity contribution is 0.292. The van der Waals surface area contributed by atoms with Crippen molar-refractivity contribution < 1.29 is 8.42 Å². The molecule has 0 aromatic heterocycles. The molecule has 0 bridgehead atoms. The monoisotopic (exact) mass is 307 g/mol. The number of nitrogens with zero attached hydrogens (tertiary/aromatic N) is 1. The van der Waals surface area contributed by atoms with Gasteiger partial charge in [0.25, 0.3) is 0 Å². The fraction of sp³-hybridized carbons (Fsp3) is 0.333. The number of fused-ring (bicyclic) bond motifs is 1. The third-order valence-electron chi connectivity index (χ3n) is 3.57. The van der Waals surface area contributed by atoms with E-state index in [4.69, 9.17) is 10.9 Å². The van der Waals surface area contributed by atoms with Gasteiger partial charge in [-0.1, -0.05) is 18.2 Å². The van der Waals surface area contributed by atoms with Crippen molar-refractivity contribution in [2.24, 2.45) is 5.14 Å². The maximum Gasteiger partial charge on any atom is 0.209 e. The Labute approximate surface area is 125 Å². The zero-order valence-electron chi connectivity index (χ0n) is 12.3. The number of benzene rings is 2. The van der Waals surface area contributed by atoms with E-state index in [1.54, 1.807) is 0 Å². The van der Waals surface area contributed by atoms with E-state index in [0.717, 1.165) is 22.0 Å². The molecule has 1 atom stereocenters. The molecule has 2 aromatic carbocycles. The van der Waals surface area contributed by atoms with E-state index in [9.17, 15) is 8.42 Å². The Bertz CT molecular complexity index is 742. The van der Waals surface area contributed by atoms with E-state index < -0.39 is 10.0 Å². The van der Waals surface area contributed by atoms with Gasteiger partial charge < -0.3 is 10.6 Å². The Kier molecular flexibility index (Phi) is 4.51. The molecule has 0 aliphatic carbocycles. The van der Waals surface area contributed by atoms with Gasteiger partial charge in [-0.2, -0.15) is 0 Å². The zero-order chi connectivity index (χ0) is 15.6. The molecule has 1 unspecified atom stereocenters. The molecule has 5 nitrogen and oxygen atoms in total. The molecular formula is C15H21N3O2S. The maximum atomic E-state index is 11.2.